The number of nitrogens with zero attached hydrogens (tertiary/aromatic N) is 1. The third-order valence-electron chi connectivity index (χ3n) is 2.95. The molecule has 0 bridgehead atoms. The van der Waals surface area contributed by atoms with Crippen LogP contribution in [0.1, 0.15) is 10.5 Å². The first-order chi connectivity index (χ1) is 7.72. The molecule has 0 amide bonds. The fourth-order valence-electron chi connectivity index (χ4n) is 2.16. The topological polar surface area (TPSA) is 58.0 Å². The molecule has 3 aromatic rings. The average Bonchev–Trinajstić information content (AvgIpc) is 2.77. The van der Waals surface area contributed by atoms with Crippen molar-refractivity contribution in [1.82, 2.24) is 9.55 Å². The number of aldehydes is 1. The minimum atomic E-state index is 0.223. The Balaban J connectivity index is 2.56. The van der Waals surface area contributed by atoms with Crippen LogP contribution in [0.25, 0.3) is 21.9 Å². The number of aromatic amines is 1. The Morgan fingerprint density at radius 3 is 3.00 bits per heavy atom. The van der Waals surface area contributed by atoms with Crippen LogP contribution in [0, 0.1) is 0 Å². The molecular formula is C12H10N2O2. The predicted molar refractivity (Wildman–Crippen MR) is 61.8 cm³/mol. The highest BCUT2D eigenvalue weighted by molar-refractivity contribution is 6.09. The van der Waals surface area contributed by atoms with Gasteiger partial charge < -0.3 is 14.7 Å². The van der Waals surface area contributed by atoms with Crippen molar-refractivity contribution < 1.29 is 9.90 Å². The van der Waals surface area contributed by atoms with Crippen molar-refractivity contribution in [3.63, 3.8) is 0 Å². The maximum atomic E-state index is 10.8. The van der Waals surface area contributed by atoms with E-state index in [1.54, 1.807) is 18.2 Å². The zero-order valence-corrected chi connectivity index (χ0v) is 8.69. The van der Waals surface area contributed by atoms with Gasteiger partial charge in [-0.3, -0.25) is 4.79 Å². The largest absolute Gasteiger partial charge is 0.506 e. The number of aryl methyl sites for hydroxylation is 1. The van der Waals surface area contributed by atoms with Crippen LogP contribution in [0.4, 0.5) is 0 Å². The summed E-state index contributed by atoms with van der Waals surface area (Å²) in [4.78, 5) is 13.9. The number of phenolic OH excluding ortho intramolecular Hbond substituents is 1. The van der Waals surface area contributed by atoms with Crippen LogP contribution in [0.5, 0.6) is 5.75 Å². The van der Waals surface area contributed by atoms with Crippen molar-refractivity contribution in [2.75, 3.05) is 0 Å². The fraction of sp³-hybridized carbons (Fsp3) is 0.0833. The van der Waals surface area contributed by atoms with Gasteiger partial charge in [0.1, 0.15) is 5.75 Å². The third-order valence-corrected chi connectivity index (χ3v) is 2.95. The normalized spacial score (nSPS) is 11.3. The molecule has 0 aliphatic rings. The van der Waals surface area contributed by atoms with Gasteiger partial charge in [0.2, 0.25) is 0 Å². The van der Waals surface area contributed by atoms with E-state index in [2.05, 4.69) is 4.98 Å². The number of aromatic hydroxyl groups is 1. The lowest BCUT2D eigenvalue weighted by Gasteiger charge is -1.98. The molecule has 2 aromatic heterocycles. The molecular weight excluding hydrogens is 204 g/mol. The second-order valence-electron chi connectivity index (χ2n) is 3.83. The monoisotopic (exact) mass is 214 g/mol. The summed E-state index contributed by atoms with van der Waals surface area (Å²) in [5.41, 5.74) is 3.13. The molecule has 4 heteroatoms. The minimum Gasteiger partial charge on any atom is -0.506 e. The van der Waals surface area contributed by atoms with Crippen molar-refractivity contribution in [3.8, 4) is 5.75 Å². The van der Waals surface area contributed by atoms with E-state index in [-0.39, 0.29) is 5.75 Å². The van der Waals surface area contributed by atoms with E-state index in [0.29, 0.717) is 11.2 Å². The second kappa shape index (κ2) is 2.88. The minimum absolute atomic E-state index is 0.223. The lowest BCUT2D eigenvalue weighted by molar-refractivity contribution is 0.111. The summed E-state index contributed by atoms with van der Waals surface area (Å²) in [6.07, 6.45) is 0.822. The number of carbonyl (C=O) groups is 1. The summed E-state index contributed by atoms with van der Waals surface area (Å²) in [5.74, 6) is 0.223. The number of fused-ring (bicyclic) bond motifs is 3. The van der Waals surface area contributed by atoms with Gasteiger partial charge in [0.25, 0.3) is 0 Å². The fourth-order valence-corrected chi connectivity index (χ4v) is 2.16. The molecule has 0 radical (unpaired) electrons. The number of benzene rings is 1. The Morgan fingerprint density at radius 1 is 1.44 bits per heavy atom. The van der Waals surface area contributed by atoms with Gasteiger partial charge in [-0.15, -0.1) is 0 Å². The maximum Gasteiger partial charge on any atom is 0.166 e. The van der Waals surface area contributed by atoms with Crippen molar-refractivity contribution in [1.29, 1.82) is 0 Å². The zero-order valence-electron chi connectivity index (χ0n) is 8.69. The Morgan fingerprint density at radius 2 is 2.25 bits per heavy atom. The highest BCUT2D eigenvalue weighted by Crippen LogP contribution is 2.31. The summed E-state index contributed by atoms with van der Waals surface area (Å²) in [7, 11) is 1.84. The summed E-state index contributed by atoms with van der Waals surface area (Å²) >= 11 is 0. The molecule has 16 heavy (non-hydrogen) atoms. The molecule has 0 atom stereocenters. The van der Waals surface area contributed by atoms with Crippen LogP contribution in [-0.4, -0.2) is 20.9 Å². The molecule has 0 spiro atoms. The molecule has 2 N–H and O–H groups in total. The zero-order chi connectivity index (χ0) is 11.3. The first-order valence-corrected chi connectivity index (χ1v) is 4.96. The van der Waals surface area contributed by atoms with Gasteiger partial charge in [-0.2, -0.15) is 0 Å². The predicted octanol–water partition coefficient (Wildman–Crippen LogP) is 2.18. The molecule has 1 aromatic carbocycles. The molecule has 80 valence electrons. The SMILES string of the molecule is Cn1c(C=O)cc2[nH]c3c(O)cccc3c21. The number of nitrogens with one attached hydrogen (secondary N) is 1. The van der Waals surface area contributed by atoms with Crippen LogP contribution >= 0.6 is 0 Å². The smallest absolute Gasteiger partial charge is 0.166 e. The standard InChI is InChI=1S/C12H10N2O2/c1-14-7(6-15)5-9-12(14)8-3-2-4-10(16)11(8)13-9/h2-6,13,16H,1H3. The number of aromatic nitrogens is 2. The molecule has 0 aliphatic carbocycles. The summed E-state index contributed by atoms with van der Waals surface area (Å²) < 4.78 is 1.82. The van der Waals surface area contributed by atoms with E-state index in [1.165, 1.54) is 0 Å². The third kappa shape index (κ3) is 0.957. The summed E-state index contributed by atoms with van der Waals surface area (Å²) in [6, 6.07) is 7.13. The van der Waals surface area contributed by atoms with Crippen LogP contribution in [0.3, 0.4) is 0 Å². The van der Waals surface area contributed by atoms with Crippen LogP contribution in [-0.2, 0) is 7.05 Å². The Bertz CT molecular complexity index is 707. The molecule has 3 rings (SSSR count). The van der Waals surface area contributed by atoms with Crippen molar-refractivity contribution >= 4 is 28.2 Å². The van der Waals surface area contributed by atoms with Gasteiger partial charge in [-0.1, -0.05) is 12.1 Å². The van der Waals surface area contributed by atoms with Crippen LogP contribution in [0.2, 0.25) is 0 Å². The van der Waals surface area contributed by atoms with Gasteiger partial charge in [0, 0.05) is 12.4 Å². The molecule has 0 saturated carbocycles. The van der Waals surface area contributed by atoms with E-state index >= 15 is 0 Å². The van der Waals surface area contributed by atoms with Gasteiger partial charge in [0.05, 0.1) is 22.2 Å². The lowest BCUT2D eigenvalue weighted by Crippen LogP contribution is -1.93. The number of phenols is 1. The molecule has 0 aliphatic heterocycles. The van der Waals surface area contributed by atoms with Crippen LogP contribution < -0.4 is 0 Å². The number of H-pyrrole nitrogens is 1. The number of rotatable bonds is 1. The van der Waals surface area contributed by atoms with E-state index in [4.69, 9.17) is 0 Å². The lowest BCUT2D eigenvalue weighted by atomic mass is 10.2. The maximum absolute atomic E-state index is 10.8. The van der Waals surface area contributed by atoms with Crippen LogP contribution in [0.15, 0.2) is 24.3 Å². The first-order valence-electron chi connectivity index (χ1n) is 4.96. The highest BCUT2D eigenvalue weighted by Gasteiger charge is 2.12. The number of hydrogen-bond acceptors (Lipinski definition) is 2. The van der Waals surface area contributed by atoms with E-state index in [1.807, 2.05) is 17.7 Å². The van der Waals surface area contributed by atoms with Gasteiger partial charge in [-0.05, 0) is 12.1 Å². The number of hydrogen-bond donors (Lipinski definition) is 2. The highest BCUT2D eigenvalue weighted by atomic mass is 16.3. The number of para-hydroxylation sites is 1. The van der Waals surface area contributed by atoms with E-state index in [9.17, 15) is 9.90 Å². The van der Waals surface area contributed by atoms with E-state index in [0.717, 1.165) is 22.7 Å². The number of carbonyl (C=O) groups excluding carboxylic acids is 1. The molecule has 2 heterocycles. The quantitative estimate of drug-likeness (QED) is 0.610. The molecule has 0 saturated heterocycles. The molecule has 0 fully saturated rings. The summed E-state index contributed by atoms with van der Waals surface area (Å²) in [5, 5.41) is 10.6. The first kappa shape index (κ1) is 9.03. The molecule has 4 nitrogen and oxygen atoms in total. The van der Waals surface area contributed by atoms with Crippen molar-refractivity contribution in [2.24, 2.45) is 7.05 Å². The van der Waals surface area contributed by atoms with Gasteiger partial charge >= 0.3 is 0 Å². The van der Waals surface area contributed by atoms with Crippen molar-refractivity contribution in [2.45, 2.75) is 0 Å². The van der Waals surface area contributed by atoms with Crippen molar-refractivity contribution in [3.05, 3.63) is 30.0 Å². The van der Waals surface area contributed by atoms with E-state index < -0.39 is 0 Å². The Labute approximate surface area is 91.1 Å². The van der Waals surface area contributed by atoms with Gasteiger partial charge in [-0.25, -0.2) is 0 Å². The summed E-state index contributed by atoms with van der Waals surface area (Å²) in [6.45, 7) is 0. The average molecular weight is 214 g/mol. The second-order valence-corrected chi connectivity index (χ2v) is 3.83. The Kier molecular flexibility index (Phi) is 1.63. The molecule has 0 unspecified atom stereocenters. The van der Waals surface area contributed by atoms with Gasteiger partial charge in [0.15, 0.2) is 6.29 Å². The Hall–Kier alpha value is -2.23.